The molecule has 0 N–H and O–H groups in total. The third kappa shape index (κ3) is 3.36. The van der Waals surface area contributed by atoms with Crippen molar-refractivity contribution in [3.05, 3.63) is 0 Å². The van der Waals surface area contributed by atoms with Gasteiger partial charge in [0.2, 0.25) is 0 Å². The van der Waals surface area contributed by atoms with Crippen LogP contribution in [0, 0.1) is 0 Å². The van der Waals surface area contributed by atoms with Gasteiger partial charge < -0.3 is 0 Å². The quantitative estimate of drug-likeness (QED) is 0.458. The predicted molar refractivity (Wildman–Crippen MR) is 33.8 cm³/mol. The molecule has 1 fully saturated rings. The summed E-state index contributed by atoms with van der Waals surface area (Å²) in [5, 5.41) is 0. The molecule has 0 saturated heterocycles. The molecule has 0 atom stereocenters. The summed E-state index contributed by atoms with van der Waals surface area (Å²) >= 11 is 0. The van der Waals surface area contributed by atoms with E-state index in [1.807, 2.05) is 0 Å². The van der Waals surface area contributed by atoms with Gasteiger partial charge in [-0.15, -0.1) is 0 Å². The monoisotopic (exact) mass is 137 g/mol. The second-order valence-electron chi connectivity index (χ2n) is 2.10. The van der Waals surface area contributed by atoms with Gasteiger partial charge >= 0.3 is 0 Å². The summed E-state index contributed by atoms with van der Waals surface area (Å²) in [6.45, 7) is 0. The molecule has 0 amide bonds. The van der Waals surface area contributed by atoms with Gasteiger partial charge in [-0.3, -0.25) is 4.79 Å². The summed E-state index contributed by atoms with van der Waals surface area (Å²) in [5.74, 6) is 0.464. The smallest absolute Gasteiger partial charge is 0.132 e. The van der Waals surface area contributed by atoms with Crippen LogP contribution in [0.4, 0.5) is 0 Å². The zero-order valence-electron chi connectivity index (χ0n) is 5.44. The minimum absolute atomic E-state index is 0. The standard InChI is InChI=1S/C6H10O.K/c7-6-4-2-1-3-5-6;/h1-5H2;. The van der Waals surface area contributed by atoms with E-state index in [0.717, 1.165) is 25.7 Å². The van der Waals surface area contributed by atoms with Crippen molar-refractivity contribution in [2.75, 3.05) is 0 Å². The van der Waals surface area contributed by atoms with Crippen molar-refractivity contribution in [2.24, 2.45) is 0 Å². The Labute approximate surface area is 92.6 Å². The molecule has 1 rings (SSSR count). The molecule has 0 unspecified atom stereocenters. The maximum absolute atomic E-state index is 10.5. The topological polar surface area (TPSA) is 17.1 Å². The zero-order chi connectivity index (χ0) is 5.11. The first-order valence-corrected chi connectivity index (χ1v) is 2.91. The Morgan fingerprint density at radius 2 is 1.50 bits per heavy atom. The molecule has 0 heterocycles. The molecule has 0 aromatic carbocycles. The number of hydrogen-bond donors (Lipinski definition) is 0. The van der Waals surface area contributed by atoms with Gasteiger partial charge in [0.1, 0.15) is 5.78 Å². The van der Waals surface area contributed by atoms with Gasteiger partial charge in [0.05, 0.1) is 0 Å². The Hall–Kier alpha value is 1.31. The largest absolute Gasteiger partial charge is 0.300 e. The van der Waals surface area contributed by atoms with E-state index in [-0.39, 0.29) is 51.4 Å². The van der Waals surface area contributed by atoms with E-state index in [0.29, 0.717) is 5.78 Å². The van der Waals surface area contributed by atoms with Crippen LogP contribution in [0.3, 0.4) is 0 Å². The molecule has 1 aliphatic rings. The fourth-order valence-corrected chi connectivity index (χ4v) is 0.946. The average molecular weight is 137 g/mol. The number of carbonyl (C=O) groups is 1. The van der Waals surface area contributed by atoms with Crippen molar-refractivity contribution >= 4 is 57.2 Å². The Balaban J connectivity index is 0.000000490. The molecule has 1 radical (unpaired) electrons. The molecule has 2 heteroatoms. The van der Waals surface area contributed by atoms with E-state index in [4.69, 9.17) is 0 Å². The molecule has 0 spiro atoms. The van der Waals surface area contributed by atoms with Gasteiger partial charge in [0, 0.05) is 64.2 Å². The van der Waals surface area contributed by atoms with Crippen LogP contribution < -0.4 is 0 Å². The number of hydrogen-bond acceptors (Lipinski definition) is 1. The third-order valence-corrected chi connectivity index (χ3v) is 1.41. The fraction of sp³-hybridized carbons (Fsp3) is 0.833. The summed E-state index contributed by atoms with van der Waals surface area (Å²) in [5.41, 5.74) is 0. The molecule has 0 aliphatic heterocycles. The Morgan fingerprint density at radius 1 is 1.00 bits per heavy atom. The second-order valence-corrected chi connectivity index (χ2v) is 2.10. The van der Waals surface area contributed by atoms with E-state index >= 15 is 0 Å². The molecule has 0 aromatic rings. The maximum atomic E-state index is 10.5. The van der Waals surface area contributed by atoms with Gasteiger partial charge in [-0.2, -0.15) is 0 Å². The van der Waals surface area contributed by atoms with Gasteiger partial charge in [0.25, 0.3) is 0 Å². The van der Waals surface area contributed by atoms with E-state index < -0.39 is 0 Å². The van der Waals surface area contributed by atoms with E-state index in [1.165, 1.54) is 6.42 Å². The molecule has 41 valence electrons. The predicted octanol–water partition coefficient (Wildman–Crippen LogP) is 1.14. The molecular weight excluding hydrogens is 127 g/mol. The van der Waals surface area contributed by atoms with Crippen LogP contribution in [0.25, 0.3) is 0 Å². The number of rotatable bonds is 0. The Kier molecular flexibility index (Phi) is 5.96. The number of Topliss-reactive ketones (excluding diaryl/α,β-unsaturated/α-hetero) is 1. The minimum atomic E-state index is 0. The van der Waals surface area contributed by atoms with Crippen LogP contribution in [-0.2, 0) is 4.79 Å². The molecule has 1 saturated carbocycles. The van der Waals surface area contributed by atoms with Gasteiger partial charge in [-0.05, 0) is 12.8 Å². The molecule has 1 aliphatic carbocycles. The molecule has 8 heavy (non-hydrogen) atoms. The summed E-state index contributed by atoms with van der Waals surface area (Å²) < 4.78 is 0. The first-order chi connectivity index (χ1) is 3.39. The molecular formula is C6H10KO. The SMILES string of the molecule is O=C1CCCCC1.[K]. The van der Waals surface area contributed by atoms with Crippen molar-refractivity contribution in [1.82, 2.24) is 0 Å². The first kappa shape index (κ1) is 9.31. The second kappa shape index (κ2) is 5.12. The Bertz CT molecular complexity index is 72.6. The average Bonchev–Trinajstić information content (AvgIpc) is 1.69. The summed E-state index contributed by atoms with van der Waals surface area (Å²) in [4.78, 5) is 10.5. The first-order valence-electron chi connectivity index (χ1n) is 2.91. The van der Waals surface area contributed by atoms with Crippen LogP contribution in [0.5, 0.6) is 0 Å². The van der Waals surface area contributed by atoms with Crippen LogP contribution in [0.2, 0.25) is 0 Å². The van der Waals surface area contributed by atoms with Crippen LogP contribution in [-0.4, -0.2) is 57.2 Å². The van der Waals surface area contributed by atoms with E-state index in [9.17, 15) is 4.79 Å². The van der Waals surface area contributed by atoms with Crippen molar-refractivity contribution in [2.45, 2.75) is 32.1 Å². The van der Waals surface area contributed by atoms with Crippen LogP contribution in [0.15, 0.2) is 0 Å². The van der Waals surface area contributed by atoms with Gasteiger partial charge in [-0.25, -0.2) is 0 Å². The molecule has 0 bridgehead atoms. The van der Waals surface area contributed by atoms with Crippen molar-refractivity contribution in [3.8, 4) is 0 Å². The maximum Gasteiger partial charge on any atom is 0.132 e. The normalized spacial score (nSPS) is 19.8. The van der Waals surface area contributed by atoms with E-state index in [2.05, 4.69) is 0 Å². The fourth-order valence-electron chi connectivity index (χ4n) is 0.946. The molecule has 0 aromatic heterocycles. The van der Waals surface area contributed by atoms with Crippen LogP contribution in [0.1, 0.15) is 32.1 Å². The van der Waals surface area contributed by atoms with E-state index in [1.54, 1.807) is 0 Å². The molecule has 1 nitrogen and oxygen atoms in total. The van der Waals surface area contributed by atoms with Gasteiger partial charge in [0.15, 0.2) is 0 Å². The summed E-state index contributed by atoms with van der Waals surface area (Å²) in [7, 11) is 0. The minimum Gasteiger partial charge on any atom is -0.300 e. The van der Waals surface area contributed by atoms with Gasteiger partial charge in [-0.1, -0.05) is 6.42 Å². The summed E-state index contributed by atoms with van der Waals surface area (Å²) in [6.07, 6.45) is 5.24. The number of ketones is 1. The third-order valence-electron chi connectivity index (χ3n) is 1.41. The summed E-state index contributed by atoms with van der Waals surface area (Å²) in [6, 6.07) is 0. The Morgan fingerprint density at radius 3 is 1.75 bits per heavy atom. The van der Waals surface area contributed by atoms with Crippen molar-refractivity contribution in [3.63, 3.8) is 0 Å². The van der Waals surface area contributed by atoms with Crippen molar-refractivity contribution in [1.29, 1.82) is 0 Å². The van der Waals surface area contributed by atoms with Crippen LogP contribution >= 0.6 is 0 Å². The zero-order valence-corrected chi connectivity index (χ0v) is 8.57. The number of carbonyl (C=O) groups excluding carboxylic acids is 1. The van der Waals surface area contributed by atoms with Crippen molar-refractivity contribution < 1.29 is 4.79 Å².